The highest BCUT2D eigenvalue weighted by Gasteiger charge is 2.31. The Morgan fingerprint density at radius 3 is 2.59 bits per heavy atom. The number of halogens is 3. The lowest BCUT2D eigenvalue weighted by Gasteiger charge is -2.36. The van der Waals surface area contributed by atoms with Gasteiger partial charge in [0.05, 0.1) is 5.56 Å². The highest BCUT2D eigenvalue weighted by Crippen LogP contribution is 2.32. The molecule has 1 unspecified atom stereocenters. The van der Waals surface area contributed by atoms with Crippen molar-refractivity contribution in [3.8, 4) is 0 Å². The van der Waals surface area contributed by atoms with Crippen LogP contribution in [0.25, 0.3) is 5.57 Å². The van der Waals surface area contributed by atoms with Gasteiger partial charge in [-0.25, -0.2) is 4.98 Å². The first-order valence-electron chi connectivity index (χ1n) is 12.1. The summed E-state index contributed by atoms with van der Waals surface area (Å²) in [5, 5.41) is 3.41. The van der Waals surface area contributed by atoms with Gasteiger partial charge in [0.25, 0.3) is 0 Å². The van der Waals surface area contributed by atoms with Gasteiger partial charge in [0.1, 0.15) is 5.82 Å². The van der Waals surface area contributed by atoms with Gasteiger partial charge in [-0.3, -0.25) is 4.90 Å². The number of nitrogens with zero attached hydrogens (tertiary/aromatic N) is 3. The van der Waals surface area contributed by atoms with Crippen LogP contribution >= 0.6 is 0 Å². The van der Waals surface area contributed by atoms with Gasteiger partial charge in [-0.05, 0) is 73.2 Å². The SMILES string of the molecule is CC1CC=CC=C1c1ccc(NCCCCN2CCN(c3cccc(C(F)(F)F)c3)CC2)nc1. The van der Waals surface area contributed by atoms with E-state index in [-0.39, 0.29) is 0 Å². The molecule has 7 heteroatoms. The fourth-order valence-electron chi connectivity index (χ4n) is 4.58. The van der Waals surface area contributed by atoms with E-state index >= 15 is 0 Å². The smallest absolute Gasteiger partial charge is 0.370 e. The number of benzene rings is 1. The van der Waals surface area contributed by atoms with E-state index in [1.807, 2.05) is 17.2 Å². The standard InChI is InChI=1S/C27H33F3N4/c1-21-7-2-3-10-25(21)22-11-12-26(32-20-22)31-13-4-5-14-33-15-17-34(18-16-33)24-9-6-8-23(19-24)27(28,29)30/h2-3,6,8-12,19-21H,4-5,7,13-18H2,1H3,(H,31,32). The number of rotatable bonds is 8. The molecule has 182 valence electrons. The number of hydrogen-bond donors (Lipinski definition) is 1. The summed E-state index contributed by atoms with van der Waals surface area (Å²) in [4.78, 5) is 9.01. The molecule has 2 aromatic rings. The van der Waals surface area contributed by atoms with Crippen molar-refractivity contribution in [3.63, 3.8) is 0 Å². The van der Waals surface area contributed by atoms with Gasteiger partial charge < -0.3 is 10.2 Å². The number of piperazine rings is 1. The van der Waals surface area contributed by atoms with E-state index in [2.05, 4.69) is 46.4 Å². The van der Waals surface area contributed by atoms with Gasteiger partial charge in [0, 0.05) is 44.6 Å². The molecule has 1 aromatic heterocycles. The number of hydrogen-bond acceptors (Lipinski definition) is 4. The summed E-state index contributed by atoms with van der Waals surface area (Å²) in [6.07, 6.45) is 7.35. The maximum atomic E-state index is 13.0. The number of pyridine rings is 1. The third-order valence-electron chi connectivity index (χ3n) is 6.65. The first-order chi connectivity index (χ1) is 16.4. The van der Waals surface area contributed by atoms with Crippen molar-refractivity contribution >= 4 is 17.1 Å². The van der Waals surface area contributed by atoms with Crippen LogP contribution in [0.4, 0.5) is 24.7 Å². The van der Waals surface area contributed by atoms with E-state index in [1.54, 1.807) is 6.07 Å². The fraction of sp³-hybridized carbons (Fsp3) is 0.444. The Balaban J connectivity index is 1.14. The molecule has 4 nitrogen and oxygen atoms in total. The Labute approximate surface area is 200 Å². The van der Waals surface area contributed by atoms with Crippen LogP contribution in [0.5, 0.6) is 0 Å². The average Bonchev–Trinajstić information content (AvgIpc) is 2.85. The highest BCUT2D eigenvalue weighted by atomic mass is 19.4. The summed E-state index contributed by atoms with van der Waals surface area (Å²) < 4.78 is 38.9. The minimum atomic E-state index is -4.30. The molecule has 2 heterocycles. The lowest BCUT2D eigenvalue weighted by Crippen LogP contribution is -2.46. The molecule has 0 radical (unpaired) electrons. The van der Waals surface area contributed by atoms with Crippen LogP contribution in [-0.4, -0.2) is 49.2 Å². The Hall–Kier alpha value is -2.80. The van der Waals surface area contributed by atoms with Crippen LogP contribution in [-0.2, 0) is 6.18 Å². The third kappa shape index (κ3) is 6.41. The van der Waals surface area contributed by atoms with E-state index in [0.29, 0.717) is 11.6 Å². The van der Waals surface area contributed by atoms with Crippen molar-refractivity contribution in [2.24, 2.45) is 5.92 Å². The number of allylic oxidation sites excluding steroid dienone is 4. The second-order valence-electron chi connectivity index (χ2n) is 9.13. The van der Waals surface area contributed by atoms with E-state index in [0.717, 1.165) is 70.4 Å². The molecule has 1 aliphatic carbocycles. The van der Waals surface area contributed by atoms with Crippen LogP contribution in [0.1, 0.15) is 37.3 Å². The molecule has 0 spiro atoms. The minimum absolute atomic E-state index is 0.525. The largest absolute Gasteiger partial charge is 0.416 e. The van der Waals surface area contributed by atoms with Crippen molar-refractivity contribution < 1.29 is 13.2 Å². The molecule has 1 N–H and O–H groups in total. The lowest BCUT2D eigenvalue weighted by atomic mass is 9.89. The van der Waals surface area contributed by atoms with Crippen LogP contribution in [0.3, 0.4) is 0 Å². The van der Waals surface area contributed by atoms with Gasteiger partial charge in [-0.1, -0.05) is 31.2 Å². The topological polar surface area (TPSA) is 31.4 Å². The zero-order valence-electron chi connectivity index (χ0n) is 19.7. The van der Waals surface area contributed by atoms with Crippen LogP contribution in [0.2, 0.25) is 0 Å². The molecular weight excluding hydrogens is 437 g/mol. The van der Waals surface area contributed by atoms with E-state index in [4.69, 9.17) is 0 Å². The summed E-state index contributed by atoms with van der Waals surface area (Å²) >= 11 is 0. The third-order valence-corrected chi connectivity index (χ3v) is 6.65. The van der Waals surface area contributed by atoms with Crippen molar-refractivity contribution in [3.05, 3.63) is 72.0 Å². The van der Waals surface area contributed by atoms with Gasteiger partial charge >= 0.3 is 6.18 Å². The van der Waals surface area contributed by atoms with E-state index in [9.17, 15) is 13.2 Å². The quantitative estimate of drug-likeness (QED) is 0.473. The second kappa shape index (κ2) is 11.1. The summed E-state index contributed by atoms with van der Waals surface area (Å²) in [6, 6.07) is 9.83. The molecule has 0 amide bonds. The Kier molecular flexibility index (Phi) is 7.93. The van der Waals surface area contributed by atoms with Gasteiger partial charge in [0.2, 0.25) is 0 Å². The number of nitrogens with one attached hydrogen (secondary N) is 1. The molecule has 34 heavy (non-hydrogen) atoms. The molecule has 0 saturated carbocycles. The summed E-state index contributed by atoms with van der Waals surface area (Å²) in [7, 11) is 0. The van der Waals surface area contributed by atoms with Crippen LogP contribution < -0.4 is 10.2 Å². The number of alkyl halides is 3. The molecule has 1 fully saturated rings. The predicted molar refractivity (Wildman–Crippen MR) is 133 cm³/mol. The normalized spacial score (nSPS) is 19.2. The van der Waals surface area contributed by atoms with E-state index in [1.165, 1.54) is 23.3 Å². The first-order valence-corrected chi connectivity index (χ1v) is 12.1. The average molecular weight is 471 g/mol. The van der Waals surface area contributed by atoms with Crippen LogP contribution in [0.15, 0.2) is 60.8 Å². The summed E-state index contributed by atoms with van der Waals surface area (Å²) in [5.41, 5.74) is 2.60. The van der Waals surface area contributed by atoms with E-state index < -0.39 is 11.7 Å². The van der Waals surface area contributed by atoms with Crippen molar-refractivity contribution in [2.45, 2.75) is 32.4 Å². The molecule has 1 saturated heterocycles. The molecule has 1 atom stereocenters. The fourth-order valence-corrected chi connectivity index (χ4v) is 4.58. The maximum absolute atomic E-state index is 13.0. The predicted octanol–water partition coefficient (Wildman–Crippen LogP) is 6.09. The monoisotopic (exact) mass is 470 g/mol. The molecule has 1 aromatic carbocycles. The van der Waals surface area contributed by atoms with Crippen molar-refractivity contribution in [2.75, 3.05) is 49.5 Å². The zero-order valence-corrected chi connectivity index (χ0v) is 19.7. The highest BCUT2D eigenvalue weighted by molar-refractivity contribution is 5.70. The Morgan fingerprint density at radius 1 is 1.06 bits per heavy atom. The van der Waals surface area contributed by atoms with Crippen LogP contribution in [0, 0.1) is 5.92 Å². The number of aromatic nitrogens is 1. The molecule has 4 rings (SSSR count). The van der Waals surface area contributed by atoms with Crippen molar-refractivity contribution in [1.82, 2.24) is 9.88 Å². The molecule has 1 aliphatic heterocycles. The summed E-state index contributed by atoms with van der Waals surface area (Å²) in [6.45, 7) is 7.36. The first kappa shape index (κ1) is 24.3. The lowest BCUT2D eigenvalue weighted by molar-refractivity contribution is -0.137. The van der Waals surface area contributed by atoms with Gasteiger partial charge in [-0.15, -0.1) is 0 Å². The zero-order chi connectivity index (χ0) is 24.0. The Morgan fingerprint density at radius 2 is 1.88 bits per heavy atom. The number of unbranched alkanes of at least 4 members (excludes halogenated alkanes) is 1. The molecule has 2 aliphatic rings. The molecule has 0 bridgehead atoms. The van der Waals surface area contributed by atoms with Crippen molar-refractivity contribution in [1.29, 1.82) is 0 Å². The van der Waals surface area contributed by atoms with Gasteiger partial charge in [-0.2, -0.15) is 13.2 Å². The number of anilines is 2. The second-order valence-corrected chi connectivity index (χ2v) is 9.13. The molecular formula is C27H33F3N4. The Bertz CT molecular complexity index is 990. The van der Waals surface area contributed by atoms with Gasteiger partial charge in [0.15, 0.2) is 0 Å². The minimum Gasteiger partial charge on any atom is -0.370 e. The summed E-state index contributed by atoms with van der Waals surface area (Å²) in [5.74, 6) is 1.43. The maximum Gasteiger partial charge on any atom is 0.416 e.